The predicted octanol–water partition coefficient (Wildman–Crippen LogP) is 1.52. The van der Waals surface area contributed by atoms with Crippen LogP contribution in [0.4, 0.5) is 0 Å². The Bertz CT molecular complexity index is 236. The van der Waals surface area contributed by atoms with Crippen LogP contribution in [-0.4, -0.2) is 6.16 Å². The Morgan fingerprint density at radius 1 is 0.824 bits per heavy atom. The molecule has 0 fully saturated rings. The second-order valence-corrected chi connectivity index (χ2v) is 3.12. The molecule has 2 N–H and O–H groups in total. The van der Waals surface area contributed by atoms with E-state index in [4.69, 9.17) is 21.0 Å². The van der Waals surface area contributed by atoms with Crippen LogP contribution in [0.1, 0.15) is 32.6 Å². The monoisotopic (exact) mass is 252 g/mol. The summed E-state index contributed by atoms with van der Waals surface area (Å²) >= 11 is 0. The quantitative estimate of drug-likeness (QED) is 0.339. The molecule has 7 heteroatoms. The van der Waals surface area contributed by atoms with Crippen LogP contribution in [0.2, 0.25) is 0 Å². The van der Waals surface area contributed by atoms with Crippen LogP contribution in [0.5, 0.6) is 0 Å². The minimum Gasteiger partial charge on any atom is -0.229 e. The third kappa shape index (κ3) is 56.1. The molecule has 1 unspecified atom stereocenters. The highest BCUT2D eigenvalue weighted by atomic mass is 31.0. The molecule has 0 rings (SSSR count). The molecule has 0 spiro atoms. The fraction of sp³-hybridized carbons (Fsp3) is 0.600. The summed E-state index contributed by atoms with van der Waals surface area (Å²) in [5.41, 5.74) is 0. The number of hydrogen-bond donors (Lipinski definition) is 2. The van der Waals surface area contributed by atoms with Gasteiger partial charge in [-0.3, -0.25) is 0 Å². The van der Waals surface area contributed by atoms with E-state index in [0.717, 1.165) is 0 Å². The van der Waals surface area contributed by atoms with Crippen LogP contribution in [0.25, 0.3) is 0 Å². The van der Waals surface area contributed by atoms with Crippen LogP contribution in [0.3, 0.4) is 0 Å². The third-order valence-electron chi connectivity index (χ3n) is 1.28. The second kappa shape index (κ2) is 29.2. The summed E-state index contributed by atoms with van der Waals surface area (Å²) in [4.78, 5) is 0. The highest BCUT2D eigenvalue weighted by molar-refractivity contribution is 7.16. The molecule has 0 aliphatic heterocycles. The normalized spacial score (nSPS) is 6.00. The Morgan fingerprint density at radius 3 is 1.41 bits per heavy atom. The number of nitrogens with zero attached hydrogens (tertiary/aromatic N) is 4. The van der Waals surface area contributed by atoms with Crippen LogP contribution >= 0.6 is 9.24 Å². The van der Waals surface area contributed by atoms with Crippen molar-refractivity contribution in [2.45, 2.75) is 32.6 Å². The van der Waals surface area contributed by atoms with Gasteiger partial charge >= 0.3 is 0 Å². The van der Waals surface area contributed by atoms with Crippen LogP contribution in [0, 0.1) is 45.8 Å². The fourth-order valence-electron chi connectivity index (χ4n) is 0.621. The van der Waals surface area contributed by atoms with Gasteiger partial charge in [0.2, 0.25) is 0 Å². The molecule has 0 aromatic carbocycles. The van der Waals surface area contributed by atoms with Crippen molar-refractivity contribution in [1.29, 1.82) is 21.0 Å². The fourth-order valence-corrected chi connectivity index (χ4v) is 0.910. The summed E-state index contributed by atoms with van der Waals surface area (Å²) in [5.74, 6) is 0. The molecule has 0 heterocycles. The molecule has 0 bridgehead atoms. The average Bonchev–Trinajstić information content (AvgIpc) is 2.33. The topological polar surface area (TPSA) is 119 Å². The molecule has 0 amide bonds. The standard InChI is InChI=1S/C6H15P.2C2HN3/c1-2-3-4-5-6-7;2*3-1-5-2-4/h2-7H2,1H3;2*5H. The summed E-state index contributed by atoms with van der Waals surface area (Å²) < 4.78 is 0. The van der Waals surface area contributed by atoms with E-state index >= 15 is 0 Å². The third-order valence-corrected chi connectivity index (χ3v) is 1.69. The Kier molecular flexibility index (Phi) is 35.1. The van der Waals surface area contributed by atoms with Gasteiger partial charge in [-0.1, -0.05) is 26.2 Å². The summed E-state index contributed by atoms with van der Waals surface area (Å²) in [7, 11) is 2.75. The predicted molar refractivity (Wildman–Crippen MR) is 67.4 cm³/mol. The number of rotatable bonds is 4. The Morgan fingerprint density at radius 2 is 1.24 bits per heavy atom. The number of nitrogens with one attached hydrogen (secondary N) is 2. The summed E-state index contributed by atoms with van der Waals surface area (Å²) in [6.45, 7) is 2.24. The van der Waals surface area contributed by atoms with Crippen molar-refractivity contribution in [3.8, 4) is 24.8 Å². The lowest BCUT2D eigenvalue weighted by Gasteiger charge is -1.90. The Labute approximate surface area is 105 Å². The zero-order chi connectivity index (χ0) is 13.8. The maximum absolute atomic E-state index is 7.48. The van der Waals surface area contributed by atoms with Gasteiger partial charge in [0, 0.05) is 0 Å². The smallest absolute Gasteiger partial charge is 0.190 e. The van der Waals surface area contributed by atoms with Crippen LogP contribution in [0.15, 0.2) is 0 Å². The molecule has 0 aliphatic carbocycles. The Balaban J connectivity index is -0.000000177. The molecule has 0 aliphatic rings. The van der Waals surface area contributed by atoms with Gasteiger partial charge in [-0.2, -0.15) is 21.0 Å². The van der Waals surface area contributed by atoms with Gasteiger partial charge in [-0.15, -0.1) is 9.24 Å². The maximum atomic E-state index is 7.48. The molecule has 0 radical (unpaired) electrons. The van der Waals surface area contributed by atoms with Crippen molar-refractivity contribution in [2.75, 3.05) is 6.16 Å². The highest BCUT2D eigenvalue weighted by Gasteiger charge is 1.80. The van der Waals surface area contributed by atoms with E-state index in [0.29, 0.717) is 0 Å². The van der Waals surface area contributed by atoms with Crippen molar-refractivity contribution in [3.63, 3.8) is 0 Å². The van der Waals surface area contributed by atoms with E-state index < -0.39 is 0 Å². The molecule has 0 saturated carbocycles. The zero-order valence-corrected chi connectivity index (χ0v) is 11.1. The van der Waals surface area contributed by atoms with E-state index in [-0.39, 0.29) is 0 Å². The number of nitriles is 4. The van der Waals surface area contributed by atoms with Crippen molar-refractivity contribution in [2.24, 2.45) is 0 Å². The van der Waals surface area contributed by atoms with Crippen LogP contribution < -0.4 is 10.6 Å². The van der Waals surface area contributed by atoms with E-state index in [1.165, 1.54) is 56.6 Å². The van der Waals surface area contributed by atoms with Gasteiger partial charge in [0.15, 0.2) is 24.8 Å². The first kappa shape index (κ1) is 20.4. The first-order chi connectivity index (χ1) is 8.24. The molecule has 1 atom stereocenters. The first-order valence-electron chi connectivity index (χ1n) is 5.01. The lowest BCUT2D eigenvalue weighted by Crippen LogP contribution is -1.88. The van der Waals surface area contributed by atoms with E-state index in [1.807, 2.05) is 0 Å². The van der Waals surface area contributed by atoms with Crippen molar-refractivity contribution in [1.82, 2.24) is 10.6 Å². The lowest BCUT2D eigenvalue weighted by atomic mass is 10.2. The summed E-state index contributed by atoms with van der Waals surface area (Å²) in [5, 5.41) is 33.4. The van der Waals surface area contributed by atoms with Crippen molar-refractivity contribution < 1.29 is 0 Å². The zero-order valence-electron chi connectivity index (χ0n) is 9.90. The van der Waals surface area contributed by atoms with Gasteiger partial charge in [0.05, 0.1) is 0 Å². The van der Waals surface area contributed by atoms with Gasteiger partial charge < -0.3 is 0 Å². The minimum absolute atomic E-state index is 1.28. The SMILES string of the molecule is CCCCCCP.N#CNC#N.N#CNC#N. The highest BCUT2D eigenvalue weighted by Crippen LogP contribution is 2.00. The average molecular weight is 252 g/mol. The number of hydrogen-bond acceptors (Lipinski definition) is 6. The van der Waals surface area contributed by atoms with Crippen molar-refractivity contribution in [3.05, 3.63) is 0 Å². The van der Waals surface area contributed by atoms with Gasteiger partial charge in [-0.05, 0) is 12.6 Å². The van der Waals surface area contributed by atoms with E-state index in [1.54, 1.807) is 10.6 Å². The minimum atomic E-state index is 1.28. The molecular weight excluding hydrogens is 235 g/mol. The molecule has 92 valence electrons. The van der Waals surface area contributed by atoms with E-state index in [2.05, 4.69) is 16.2 Å². The molecular formula is C10H17N6P. The molecule has 0 saturated heterocycles. The van der Waals surface area contributed by atoms with Gasteiger partial charge in [0.25, 0.3) is 0 Å². The summed E-state index contributed by atoms with van der Waals surface area (Å²) in [6, 6.07) is 0. The first-order valence-corrected chi connectivity index (χ1v) is 5.83. The maximum Gasteiger partial charge on any atom is 0.190 e. The molecule has 6 nitrogen and oxygen atoms in total. The lowest BCUT2D eigenvalue weighted by molar-refractivity contribution is 0.706. The van der Waals surface area contributed by atoms with Gasteiger partial charge in [0.1, 0.15) is 0 Å². The second-order valence-electron chi connectivity index (χ2n) is 2.55. The largest absolute Gasteiger partial charge is 0.229 e. The Hall–Kier alpha value is -2.01. The number of unbranched alkanes of at least 4 members (excludes halogenated alkanes) is 3. The van der Waals surface area contributed by atoms with Gasteiger partial charge in [-0.25, -0.2) is 10.6 Å². The van der Waals surface area contributed by atoms with Crippen LogP contribution in [-0.2, 0) is 0 Å². The molecule has 0 aromatic rings. The molecule has 0 aromatic heterocycles. The van der Waals surface area contributed by atoms with Crippen molar-refractivity contribution >= 4 is 9.24 Å². The molecule has 17 heavy (non-hydrogen) atoms. The summed E-state index contributed by atoms with van der Waals surface area (Å²) in [6.07, 6.45) is 12.5. The van der Waals surface area contributed by atoms with E-state index in [9.17, 15) is 0 Å².